The highest BCUT2D eigenvalue weighted by molar-refractivity contribution is 6.11. The molecule has 0 saturated heterocycles. The summed E-state index contributed by atoms with van der Waals surface area (Å²) in [6.45, 7) is 9.92. The maximum atomic E-state index is 13.9. The van der Waals surface area contributed by atoms with E-state index in [0.29, 0.717) is 70.2 Å². The number of carbonyl (C=O) groups is 1. The lowest BCUT2D eigenvalue weighted by atomic mass is 10.0. The highest BCUT2D eigenvalue weighted by atomic mass is 16.5. The van der Waals surface area contributed by atoms with Crippen LogP contribution >= 0.6 is 0 Å². The van der Waals surface area contributed by atoms with E-state index in [1.54, 1.807) is 36.4 Å². The van der Waals surface area contributed by atoms with Crippen LogP contribution in [0.1, 0.15) is 89.4 Å². The van der Waals surface area contributed by atoms with E-state index < -0.39 is 5.91 Å². The third kappa shape index (κ3) is 9.32. The first-order valence-corrected chi connectivity index (χ1v) is 16.9. The molecule has 2 unspecified atom stereocenters. The highest BCUT2D eigenvalue weighted by Crippen LogP contribution is 2.39. The van der Waals surface area contributed by atoms with Crippen LogP contribution in [0.4, 0.5) is 11.4 Å². The lowest BCUT2D eigenvalue weighted by Crippen LogP contribution is -2.16. The van der Waals surface area contributed by atoms with Gasteiger partial charge in [0.1, 0.15) is 28.7 Å². The molecule has 7 nitrogen and oxygen atoms in total. The minimum Gasteiger partial charge on any atom is -0.506 e. The van der Waals surface area contributed by atoms with Crippen LogP contribution < -0.4 is 25.3 Å². The molecule has 46 heavy (non-hydrogen) atoms. The molecule has 0 aliphatic heterocycles. The van der Waals surface area contributed by atoms with Crippen LogP contribution in [0.5, 0.6) is 28.7 Å². The number of amides is 1. The summed E-state index contributed by atoms with van der Waals surface area (Å²) in [5.41, 5.74) is 7.05. The van der Waals surface area contributed by atoms with E-state index in [2.05, 4.69) is 33.0 Å². The van der Waals surface area contributed by atoms with Gasteiger partial charge in [0.05, 0.1) is 24.5 Å². The first-order chi connectivity index (χ1) is 22.4. The molecule has 2 atom stereocenters. The minimum atomic E-state index is -0.486. The highest BCUT2D eigenvalue weighted by Gasteiger charge is 2.21. The van der Waals surface area contributed by atoms with Crippen molar-refractivity contribution in [1.82, 2.24) is 0 Å². The predicted molar refractivity (Wildman–Crippen MR) is 189 cm³/mol. The van der Waals surface area contributed by atoms with Crippen molar-refractivity contribution in [1.29, 1.82) is 0 Å². The predicted octanol–water partition coefficient (Wildman–Crippen LogP) is 10.4. The first-order valence-electron chi connectivity index (χ1n) is 16.9. The summed E-state index contributed by atoms with van der Waals surface area (Å²) < 4.78 is 18.7. The monoisotopic (exact) mass is 626 g/mol. The van der Waals surface area contributed by atoms with Crippen molar-refractivity contribution in [2.24, 2.45) is 11.8 Å². The van der Waals surface area contributed by atoms with Crippen LogP contribution in [0.25, 0.3) is 10.8 Å². The summed E-state index contributed by atoms with van der Waals surface area (Å²) in [6, 6.07) is 21.5. The number of hydrogen-bond donors (Lipinski definition) is 3. The Morgan fingerprint density at radius 2 is 1.37 bits per heavy atom. The molecule has 0 aliphatic rings. The van der Waals surface area contributed by atoms with Gasteiger partial charge in [0.2, 0.25) is 0 Å². The van der Waals surface area contributed by atoms with Gasteiger partial charge in [-0.25, -0.2) is 0 Å². The number of anilines is 2. The summed E-state index contributed by atoms with van der Waals surface area (Å²) in [5, 5.41) is 15.5. The summed E-state index contributed by atoms with van der Waals surface area (Å²) >= 11 is 0. The zero-order valence-corrected chi connectivity index (χ0v) is 27.8. The summed E-state index contributed by atoms with van der Waals surface area (Å²) in [5.74, 6) is 2.50. The molecule has 0 radical (unpaired) electrons. The maximum Gasteiger partial charge on any atom is 0.259 e. The summed E-state index contributed by atoms with van der Waals surface area (Å²) in [4.78, 5) is 13.9. The standard InChI is InChI=1S/C39H50N2O5/c1-5-9-13-27(7-3)25-44-31-21-22-36(45-26-28(8-4)14-10-6-2)35(23-31)41-39(43)34-24-37(46-30-19-17-29(40)18-20-30)32-15-11-12-16-33(32)38(34)42/h11-12,15-24,27-28,42H,5-10,13-14,25-26,40H2,1-4H3,(H,41,43). The second kappa shape index (κ2) is 17.3. The van der Waals surface area contributed by atoms with Gasteiger partial charge in [0.15, 0.2) is 0 Å². The Kier molecular flexibility index (Phi) is 13.0. The number of rotatable bonds is 18. The molecule has 0 spiro atoms. The van der Waals surface area contributed by atoms with E-state index in [9.17, 15) is 9.90 Å². The van der Waals surface area contributed by atoms with Crippen molar-refractivity contribution in [3.05, 3.63) is 78.4 Å². The number of nitrogen functional groups attached to an aromatic ring is 1. The number of aromatic hydroxyl groups is 1. The zero-order chi connectivity index (χ0) is 32.9. The van der Waals surface area contributed by atoms with Crippen LogP contribution in [0, 0.1) is 11.8 Å². The third-order valence-corrected chi connectivity index (χ3v) is 8.58. The van der Waals surface area contributed by atoms with E-state index in [4.69, 9.17) is 19.9 Å². The van der Waals surface area contributed by atoms with Gasteiger partial charge in [-0.05, 0) is 67.1 Å². The molecule has 0 saturated carbocycles. The van der Waals surface area contributed by atoms with Gasteiger partial charge in [-0.3, -0.25) is 4.79 Å². The van der Waals surface area contributed by atoms with Crippen molar-refractivity contribution < 1.29 is 24.1 Å². The Bertz CT molecular complexity index is 1550. The topological polar surface area (TPSA) is 103 Å². The number of phenolic OH excluding ortho intramolecular Hbond substituents is 1. The van der Waals surface area contributed by atoms with Gasteiger partial charge in [0.25, 0.3) is 5.91 Å². The largest absolute Gasteiger partial charge is 0.506 e. The maximum absolute atomic E-state index is 13.9. The van der Waals surface area contributed by atoms with E-state index in [-0.39, 0.29) is 11.3 Å². The molecule has 4 rings (SSSR count). The Labute approximate surface area is 274 Å². The molecular weight excluding hydrogens is 576 g/mol. The third-order valence-electron chi connectivity index (χ3n) is 8.58. The van der Waals surface area contributed by atoms with E-state index in [1.165, 1.54) is 6.42 Å². The fraction of sp³-hybridized carbons (Fsp3) is 0.410. The number of ether oxygens (including phenoxy) is 3. The second-order valence-electron chi connectivity index (χ2n) is 12.1. The number of hydrogen-bond acceptors (Lipinski definition) is 6. The number of unbranched alkanes of at least 4 members (excludes halogenated alkanes) is 2. The molecule has 0 fully saturated rings. The Morgan fingerprint density at radius 3 is 2.00 bits per heavy atom. The minimum absolute atomic E-state index is 0.0846. The molecule has 0 aromatic heterocycles. The van der Waals surface area contributed by atoms with Gasteiger partial charge in [0, 0.05) is 22.5 Å². The van der Waals surface area contributed by atoms with Crippen LogP contribution in [0.15, 0.2) is 72.8 Å². The van der Waals surface area contributed by atoms with Crippen molar-refractivity contribution in [3.8, 4) is 28.7 Å². The number of nitrogens with one attached hydrogen (secondary N) is 1. The van der Waals surface area contributed by atoms with Crippen LogP contribution in [-0.4, -0.2) is 24.2 Å². The normalized spacial score (nSPS) is 12.4. The van der Waals surface area contributed by atoms with Crippen molar-refractivity contribution in [2.45, 2.75) is 79.1 Å². The Morgan fingerprint density at radius 1 is 0.761 bits per heavy atom. The fourth-order valence-corrected chi connectivity index (χ4v) is 5.48. The molecule has 0 bridgehead atoms. The van der Waals surface area contributed by atoms with Crippen molar-refractivity contribution >= 4 is 28.1 Å². The molecule has 4 N–H and O–H groups in total. The number of fused-ring (bicyclic) bond motifs is 1. The Hall–Kier alpha value is -4.39. The number of benzene rings is 4. The van der Waals surface area contributed by atoms with Gasteiger partial charge in [-0.15, -0.1) is 0 Å². The quantitative estimate of drug-likeness (QED) is 0.0950. The lowest BCUT2D eigenvalue weighted by molar-refractivity contribution is 0.102. The van der Waals surface area contributed by atoms with Crippen molar-refractivity contribution in [3.63, 3.8) is 0 Å². The molecule has 0 aliphatic carbocycles. The van der Waals surface area contributed by atoms with Crippen LogP contribution in [0.3, 0.4) is 0 Å². The van der Waals surface area contributed by atoms with E-state index >= 15 is 0 Å². The van der Waals surface area contributed by atoms with Crippen molar-refractivity contribution in [2.75, 3.05) is 24.3 Å². The molecule has 1 amide bonds. The Balaban J connectivity index is 1.64. The zero-order valence-electron chi connectivity index (χ0n) is 27.8. The molecule has 0 heterocycles. The summed E-state index contributed by atoms with van der Waals surface area (Å²) in [7, 11) is 0. The fourth-order valence-electron chi connectivity index (χ4n) is 5.48. The number of phenols is 1. The number of nitrogens with two attached hydrogens (primary N) is 1. The van der Waals surface area contributed by atoms with Gasteiger partial charge < -0.3 is 30.4 Å². The van der Waals surface area contributed by atoms with Gasteiger partial charge >= 0.3 is 0 Å². The molecule has 4 aromatic rings. The smallest absolute Gasteiger partial charge is 0.259 e. The second-order valence-corrected chi connectivity index (χ2v) is 12.1. The lowest BCUT2D eigenvalue weighted by Gasteiger charge is -2.20. The van der Waals surface area contributed by atoms with E-state index in [0.717, 1.165) is 44.9 Å². The molecule has 7 heteroatoms. The molecule has 4 aromatic carbocycles. The van der Waals surface area contributed by atoms with Crippen LogP contribution in [-0.2, 0) is 0 Å². The van der Waals surface area contributed by atoms with Gasteiger partial charge in [-0.2, -0.15) is 0 Å². The average molecular weight is 627 g/mol. The number of carbonyl (C=O) groups excluding carboxylic acids is 1. The van der Waals surface area contributed by atoms with Crippen LogP contribution in [0.2, 0.25) is 0 Å². The van der Waals surface area contributed by atoms with Gasteiger partial charge in [-0.1, -0.05) is 90.5 Å². The molecular formula is C39H50N2O5. The summed E-state index contributed by atoms with van der Waals surface area (Å²) in [6.07, 6.45) is 8.89. The first kappa shape index (κ1) is 34.5. The average Bonchev–Trinajstić information content (AvgIpc) is 3.07. The SMILES string of the molecule is CCCCC(CC)COc1ccc(OCC(CC)CCCC)c(NC(=O)c2cc(Oc3ccc(N)cc3)c3ccccc3c2O)c1. The molecule has 246 valence electrons. The van der Waals surface area contributed by atoms with E-state index in [1.807, 2.05) is 36.4 Å².